The zero-order valence-corrected chi connectivity index (χ0v) is 13.9. The van der Waals surface area contributed by atoms with Gasteiger partial charge in [0.15, 0.2) is 0 Å². The average molecular weight is 346 g/mol. The van der Waals surface area contributed by atoms with Crippen molar-refractivity contribution in [3.05, 3.63) is 62.9 Å². The van der Waals surface area contributed by atoms with Crippen LogP contribution in [0, 0.1) is 0 Å². The van der Waals surface area contributed by atoms with Crippen LogP contribution in [0.2, 0.25) is 5.02 Å². The molecule has 1 aliphatic rings. The summed E-state index contributed by atoms with van der Waals surface area (Å²) in [6.45, 7) is 3.58. The van der Waals surface area contributed by atoms with Crippen LogP contribution < -0.4 is 10.4 Å². The minimum Gasteiger partial charge on any atom is -0.476 e. The van der Waals surface area contributed by atoms with Crippen LogP contribution in [0.25, 0.3) is 11.0 Å². The monoisotopic (exact) mass is 345 g/mol. The van der Waals surface area contributed by atoms with Crippen molar-refractivity contribution >= 4 is 22.6 Å². The maximum Gasteiger partial charge on any atom is 0.336 e. The minimum absolute atomic E-state index is 0.355. The van der Waals surface area contributed by atoms with Crippen molar-refractivity contribution in [2.75, 3.05) is 6.73 Å². The molecule has 0 atom stereocenters. The normalized spacial score (nSPS) is 14.6. The molecule has 1 aliphatic heterocycles. The van der Waals surface area contributed by atoms with Crippen molar-refractivity contribution in [3.8, 4) is 5.75 Å². The third kappa shape index (κ3) is 2.60. The third-order valence-corrected chi connectivity index (χ3v) is 4.52. The molecule has 124 valence electrons. The number of hydrogen-bond donors (Lipinski definition) is 0. The van der Waals surface area contributed by atoms with E-state index in [-0.39, 0.29) is 5.63 Å². The van der Waals surface area contributed by atoms with Gasteiger partial charge in [-0.1, -0.05) is 18.5 Å². The molecule has 0 bridgehead atoms. The van der Waals surface area contributed by atoms with E-state index in [4.69, 9.17) is 25.2 Å². The lowest BCUT2D eigenvalue weighted by molar-refractivity contribution is 0.0827. The van der Waals surface area contributed by atoms with Gasteiger partial charge in [0.1, 0.15) is 23.8 Å². The van der Waals surface area contributed by atoms with E-state index in [1.165, 1.54) is 6.07 Å². The topological polar surface area (TPSA) is 55.8 Å². The van der Waals surface area contributed by atoms with E-state index in [1.807, 2.05) is 25.1 Å². The molecule has 24 heavy (non-hydrogen) atoms. The summed E-state index contributed by atoms with van der Waals surface area (Å²) in [5.41, 5.74) is 1.94. The SMILES string of the molecule is CCc1cc(=O)oc2c3c(c(Cl)cc12)OCN(Cc1ccco1)C3. The highest BCUT2D eigenvalue weighted by Gasteiger charge is 2.25. The Morgan fingerprint density at radius 2 is 2.21 bits per heavy atom. The quantitative estimate of drug-likeness (QED) is 0.673. The fraction of sp³-hybridized carbons (Fsp3) is 0.278. The van der Waals surface area contributed by atoms with Gasteiger partial charge < -0.3 is 13.6 Å². The highest BCUT2D eigenvalue weighted by atomic mass is 35.5. The summed E-state index contributed by atoms with van der Waals surface area (Å²) in [4.78, 5) is 14.0. The molecule has 0 saturated carbocycles. The maximum atomic E-state index is 11.9. The van der Waals surface area contributed by atoms with Gasteiger partial charge in [0.2, 0.25) is 0 Å². The van der Waals surface area contributed by atoms with Crippen LogP contribution in [0.5, 0.6) is 5.75 Å². The van der Waals surface area contributed by atoms with Crippen LogP contribution in [-0.2, 0) is 19.5 Å². The molecule has 0 N–H and O–H groups in total. The van der Waals surface area contributed by atoms with Crippen molar-refractivity contribution < 1.29 is 13.6 Å². The largest absolute Gasteiger partial charge is 0.476 e. The number of aryl methyl sites for hydroxylation is 1. The molecule has 0 unspecified atom stereocenters. The van der Waals surface area contributed by atoms with E-state index in [0.717, 1.165) is 28.7 Å². The zero-order valence-electron chi connectivity index (χ0n) is 13.2. The molecule has 0 amide bonds. The van der Waals surface area contributed by atoms with Crippen LogP contribution in [0.4, 0.5) is 0 Å². The first-order valence-corrected chi connectivity index (χ1v) is 8.19. The number of halogens is 1. The van der Waals surface area contributed by atoms with Crippen molar-refractivity contribution in [1.82, 2.24) is 4.90 Å². The molecule has 0 fully saturated rings. The smallest absolute Gasteiger partial charge is 0.336 e. The summed E-state index contributed by atoms with van der Waals surface area (Å²) in [7, 11) is 0. The molecule has 6 heteroatoms. The van der Waals surface area contributed by atoms with Crippen LogP contribution >= 0.6 is 11.6 Å². The molecule has 4 rings (SSSR count). The van der Waals surface area contributed by atoms with Gasteiger partial charge in [-0.05, 0) is 30.2 Å². The lowest BCUT2D eigenvalue weighted by Crippen LogP contribution is -2.31. The predicted molar refractivity (Wildman–Crippen MR) is 90.3 cm³/mol. The minimum atomic E-state index is -0.355. The summed E-state index contributed by atoms with van der Waals surface area (Å²) in [6, 6.07) is 7.11. The van der Waals surface area contributed by atoms with Gasteiger partial charge in [0.05, 0.1) is 23.4 Å². The van der Waals surface area contributed by atoms with Crippen LogP contribution in [0.15, 0.2) is 44.2 Å². The Labute approximate surface area is 143 Å². The van der Waals surface area contributed by atoms with E-state index >= 15 is 0 Å². The van der Waals surface area contributed by atoms with Crippen LogP contribution in [0.3, 0.4) is 0 Å². The first-order valence-electron chi connectivity index (χ1n) is 7.81. The number of furan rings is 1. The molecular weight excluding hydrogens is 330 g/mol. The number of ether oxygens (including phenoxy) is 1. The van der Waals surface area contributed by atoms with Gasteiger partial charge in [0.25, 0.3) is 0 Å². The van der Waals surface area contributed by atoms with E-state index in [0.29, 0.717) is 36.2 Å². The fourth-order valence-corrected chi connectivity index (χ4v) is 3.39. The molecule has 0 aliphatic carbocycles. The highest BCUT2D eigenvalue weighted by Crippen LogP contribution is 2.39. The van der Waals surface area contributed by atoms with Gasteiger partial charge in [-0.2, -0.15) is 0 Å². The highest BCUT2D eigenvalue weighted by molar-refractivity contribution is 6.33. The van der Waals surface area contributed by atoms with Gasteiger partial charge in [-0.25, -0.2) is 4.79 Å². The number of benzene rings is 1. The molecule has 1 aromatic carbocycles. The fourth-order valence-electron chi connectivity index (χ4n) is 3.11. The second kappa shape index (κ2) is 6.00. The Morgan fingerprint density at radius 1 is 1.33 bits per heavy atom. The van der Waals surface area contributed by atoms with Gasteiger partial charge in [-0.3, -0.25) is 4.90 Å². The molecule has 0 saturated heterocycles. The standard InChI is InChI=1S/C18H16ClNO4/c1-2-11-6-16(21)24-17-13(11)7-15(19)18-14(17)9-20(10-23-18)8-12-4-3-5-22-12/h3-7H,2,8-10H2,1H3. The molecule has 0 spiro atoms. The summed E-state index contributed by atoms with van der Waals surface area (Å²) >= 11 is 6.40. The zero-order chi connectivity index (χ0) is 16.7. The Kier molecular flexibility index (Phi) is 3.82. The predicted octanol–water partition coefficient (Wildman–Crippen LogP) is 3.95. The molecular formula is C18H16ClNO4. The second-order valence-corrected chi connectivity index (χ2v) is 6.23. The Hall–Kier alpha value is -2.24. The van der Waals surface area contributed by atoms with Gasteiger partial charge in [0, 0.05) is 18.0 Å². The van der Waals surface area contributed by atoms with Crippen LogP contribution in [0.1, 0.15) is 23.8 Å². The molecule has 0 radical (unpaired) electrons. The first-order chi connectivity index (χ1) is 11.7. The van der Waals surface area contributed by atoms with Crippen molar-refractivity contribution in [3.63, 3.8) is 0 Å². The third-order valence-electron chi connectivity index (χ3n) is 4.24. The molecule has 3 heterocycles. The Morgan fingerprint density at radius 3 is 2.96 bits per heavy atom. The first kappa shape index (κ1) is 15.3. The van der Waals surface area contributed by atoms with E-state index in [1.54, 1.807) is 6.26 Å². The van der Waals surface area contributed by atoms with E-state index in [2.05, 4.69) is 4.90 Å². The average Bonchev–Trinajstić information content (AvgIpc) is 3.08. The van der Waals surface area contributed by atoms with Crippen LogP contribution in [-0.4, -0.2) is 11.6 Å². The Bertz CT molecular complexity index is 946. The lowest BCUT2D eigenvalue weighted by Gasteiger charge is -2.29. The second-order valence-electron chi connectivity index (χ2n) is 5.83. The number of fused-ring (bicyclic) bond motifs is 3. The number of nitrogens with zero attached hydrogens (tertiary/aromatic N) is 1. The lowest BCUT2D eigenvalue weighted by atomic mass is 10.0. The van der Waals surface area contributed by atoms with E-state index in [9.17, 15) is 4.79 Å². The molecule has 5 nitrogen and oxygen atoms in total. The van der Waals surface area contributed by atoms with Crippen molar-refractivity contribution in [2.45, 2.75) is 26.4 Å². The molecule has 3 aromatic rings. The number of rotatable bonds is 3. The Balaban J connectivity index is 1.81. The number of hydrogen-bond acceptors (Lipinski definition) is 5. The van der Waals surface area contributed by atoms with E-state index < -0.39 is 0 Å². The van der Waals surface area contributed by atoms with Crippen molar-refractivity contribution in [1.29, 1.82) is 0 Å². The summed E-state index contributed by atoms with van der Waals surface area (Å²) in [5, 5.41) is 1.41. The summed E-state index contributed by atoms with van der Waals surface area (Å²) in [6.07, 6.45) is 2.38. The maximum absolute atomic E-state index is 11.9. The van der Waals surface area contributed by atoms with Gasteiger partial charge in [-0.15, -0.1) is 0 Å². The molecule has 2 aromatic heterocycles. The summed E-state index contributed by atoms with van der Waals surface area (Å²) in [5.74, 6) is 1.44. The summed E-state index contributed by atoms with van der Waals surface area (Å²) < 4.78 is 16.7. The van der Waals surface area contributed by atoms with Gasteiger partial charge >= 0.3 is 5.63 Å². The van der Waals surface area contributed by atoms with Crippen molar-refractivity contribution in [2.24, 2.45) is 0 Å².